The zero-order valence-electron chi connectivity index (χ0n) is 15.7. The number of sulfone groups is 1. The number of para-hydroxylation sites is 3. The van der Waals surface area contributed by atoms with Crippen LogP contribution in [-0.2, 0) is 14.6 Å². The Morgan fingerprint density at radius 3 is 2.62 bits per heavy atom. The van der Waals surface area contributed by atoms with Crippen molar-refractivity contribution in [1.82, 2.24) is 0 Å². The van der Waals surface area contributed by atoms with Crippen LogP contribution >= 0.6 is 11.8 Å². The Morgan fingerprint density at radius 1 is 1.14 bits per heavy atom. The minimum Gasteiger partial charge on any atom is -0.495 e. The van der Waals surface area contributed by atoms with Crippen molar-refractivity contribution in [3.63, 3.8) is 0 Å². The molecule has 0 radical (unpaired) electrons. The molecular formula is C20H20N2O5S2. The zero-order chi connectivity index (χ0) is 20.4. The number of benzene rings is 2. The number of hydrogen-bond acceptors (Lipinski definition) is 6. The minimum absolute atomic E-state index is 0.0242. The molecule has 29 heavy (non-hydrogen) atoms. The number of rotatable bonds is 5. The molecular weight excluding hydrogens is 412 g/mol. The number of thioether (sulfide) groups is 1. The molecule has 7 nitrogen and oxygen atoms in total. The van der Waals surface area contributed by atoms with Gasteiger partial charge in [-0.05, 0) is 24.3 Å². The first-order valence-electron chi connectivity index (χ1n) is 9.05. The number of amidine groups is 1. The van der Waals surface area contributed by atoms with Gasteiger partial charge in [0, 0.05) is 5.25 Å². The van der Waals surface area contributed by atoms with E-state index in [1.54, 1.807) is 25.3 Å². The lowest BCUT2D eigenvalue weighted by Crippen LogP contribution is -2.38. The molecule has 0 saturated carbocycles. The molecule has 2 aromatic rings. The Balaban J connectivity index is 1.61. The molecule has 4 rings (SSSR count). The van der Waals surface area contributed by atoms with E-state index in [0.717, 1.165) is 0 Å². The van der Waals surface area contributed by atoms with Gasteiger partial charge in [-0.2, -0.15) is 4.99 Å². The highest BCUT2D eigenvalue weighted by atomic mass is 32.2. The third kappa shape index (κ3) is 4.25. The van der Waals surface area contributed by atoms with E-state index in [0.29, 0.717) is 22.4 Å². The molecule has 9 heteroatoms. The first-order chi connectivity index (χ1) is 14.0. The number of carbonyl (C=O) groups is 1. The molecule has 2 fully saturated rings. The summed E-state index contributed by atoms with van der Waals surface area (Å²) in [5.41, 5.74) is 0.697. The summed E-state index contributed by atoms with van der Waals surface area (Å²) < 4.78 is 35.3. The molecule has 0 aliphatic carbocycles. The largest absolute Gasteiger partial charge is 0.495 e. The minimum atomic E-state index is -3.13. The second kappa shape index (κ2) is 8.08. The molecule has 0 bridgehead atoms. The fraction of sp³-hybridized carbons (Fsp3) is 0.300. The van der Waals surface area contributed by atoms with Gasteiger partial charge in [-0.25, -0.2) is 8.42 Å². The lowest BCUT2D eigenvalue weighted by Gasteiger charge is -2.26. The average molecular weight is 433 g/mol. The maximum absolute atomic E-state index is 12.4. The molecule has 2 aliphatic rings. The molecule has 0 aromatic heterocycles. The van der Waals surface area contributed by atoms with Gasteiger partial charge in [-0.1, -0.05) is 42.1 Å². The van der Waals surface area contributed by atoms with Crippen molar-refractivity contribution in [2.75, 3.05) is 30.1 Å². The number of anilines is 1. The topological polar surface area (TPSA) is 85.3 Å². The van der Waals surface area contributed by atoms with Crippen LogP contribution in [0.3, 0.4) is 0 Å². The Labute approximate surface area is 173 Å². The molecule has 0 spiro atoms. The fourth-order valence-electron chi connectivity index (χ4n) is 3.48. The van der Waals surface area contributed by atoms with Gasteiger partial charge in [0.25, 0.3) is 5.91 Å². The van der Waals surface area contributed by atoms with Crippen LogP contribution < -0.4 is 14.4 Å². The number of hydrogen-bond donors (Lipinski definition) is 0. The SMILES string of the molecule is COc1ccccc1N1C(=NC(=O)COc2ccccc2)S[C@H]2CS(=O)(=O)C[C@H]21. The van der Waals surface area contributed by atoms with Crippen LogP contribution in [0.2, 0.25) is 0 Å². The number of ether oxygens (including phenoxy) is 2. The second-order valence-corrected chi connectivity index (χ2v) is 10.1. The summed E-state index contributed by atoms with van der Waals surface area (Å²) >= 11 is 1.32. The van der Waals surface area contributed by atoms with Gasteiger partial charge in [-0.15, -0.1) is 0 Å². The molecule has 0 N–H and O–H groups in total. The lowest BCUT2D eigenvalue weighted by molar-refractivity contribution is -0.119. The summed E-state index contributed by atoms with van der Waals surface area (Å²) in [5.74, 6) is 0.848. The summed E-state index contributed by atoms with van der Waals surface area (Å²) in [4.78, 5) is 18.5. The normalized spacial score (nSPS) is 23.8. The summed E-state index contributed by atoms with van der Waals surface area (Å²) in [5, 5.41) is 0.299. The number of fused-ring (bicyclic) bond motifs is 1. The second-order valence-electron chi connectivity index (χ2n) is 6.73. The molecule has 1 amide bonds. The van der Waals surface area contributed by atoms with E-state index < -0.39 is 15.7 Å². The van der Waals surface area contributed by atoms with Gasteiger partial charge in [0.2, 0.25) is 0 Å². The van der Waals surface area contributed by atoms with Crippen molar-refractivity contribution in [3.8, 4) is 11.5 Å². The van der Waals surface area contributed by atoms with E-state index in [1.807, 2.05) is 41.3 Å². The number of carbonyl (C=O) groups excluding carboxylic acids is 1. The number of methoxy groups -OCH3 is 1. The molecule has 0 unspecified atom stereocenters. The summed E-state index contributed by atoms with van der Waals surface area (Å²) in [7, 11) is -1.58. The quantitative estimate of drug-likeness (QED) is 0.717. The molecule has 2 atom stereocenters. The lowest BCUT2D eigenvalue weighted by atomic mass is 10.2. The molecule has 2 aliphatic heterocycles. The van der Waals surface area contributed by atoms with Gasteiger partial charge in [0.1, 0.15) is 11.5 Å². The molecule has 2 saturated heterocycles. The van der Waals surface area contributed by atoms with Crippen LogP contribution in [0, 0.1) is 0 Å². The van der Waals surface area contributed by atoms with Gasteiger partial charge < -0.3 is 14.4 Å². The highest BCUT2D eigenvalue weighted by Gasteiger charge is 2.50. The van der Waals surface area contributed by atoms with E-state index in [-0.39, 0.29) is 29.4 Å². The van der Waals surface area contributed by atoms with Crippen molar-refractivity contribution >= 4 is 38.4 Å². The average Bonchev–Trinajstić information content (AvgIpc) is 3.17. The third-order valence-electron chi connectivity index (χ3n) is 4.74. The summed E-state index contributed by atoms with van der Waals surface area (Å²) in [6.45, 7) is -0.193. The smallest absolute Gasteiger partial charge is 0.285 e. The van der Waals surface area contributed by atoms with Crippen molar-refractivity contribution in [2.45, 2.75) is 11.3 Å². The summed E-state index contributed by atoms with van der Waals surface area (Å²) in [6, 6.07) is 16.1. The zero-order valence-corrected chi connectivity index (χ0v) is 17.4. The maximum Gasteiger partial charge on any atom is 0.285 e. The Hall–Kier alpha value is -2.52. The first kappa shape index (κ1) is 19.8. The highest BCUT2D eigenvalue weighted by Crippen LogP contribution is 2.43. The van der Waals surface area contributed by atoms with Crippen LogP contribution in [0.5, 0.6) is 11.5 Å². The van der Waals surface area contributed by atoms with Crippen LogP contribution in [0.25, 0.3) is 0 Å². The van der Waals surface area contributed by atoms with E-state index in [2.05, 4.69) is 4.99 Å². The number of nitrogens with zero attached hydrogens (tertiary/aromatic N) is 2. The summed E-state index contributed by atoms with van der Waals surface area (Å²) in [6.07, 6.45) is 0. The van der Waals surface area contributed by atoms with Crippen molar-refractivity contribution < 1.29 is 22.7 Å². The predicted molar refractivity (Wildman–Crippen MR) is 114 cm³/mol. The van der Waals surface area contributed by atoms with E-state index >= 15 is 0 Å². The fourth-order valence-corrected chi connectivity index (χ4v) is 7.40. The predicted octanol–water partition coefficient (Wildman–Crippen LogP) is 2.38. The van der Waals surface area contributed by atoms with E-state index in [1.165, 1.54) is 11.8 Å². The Kier molecular flexibility index (Phi) is 5.51. The van der Waals surface area contributed by atoms with Crippen LogP contribution in [0.4, 0.5) is 5.69 Å². The number of amides is 1. The molecule has 2 aromatic carbocycles. The van der Waals surface area contributed by atoms with Crippen molar-refractivity contribution in [2.24, 2.45) is 4.99 Å². The monoisotopic (exact) mass is 432 g/mol. The first-order valence-corrected chi connectivity index (χ1v) is 11.8. The van der Waals surface area contributed by atoms with Gasteiger partial charge in [-0.3, -0.25) is 4.79 Å². The maximum atomic E-state index is 12.4. The Morgan fingerprint density at radius 2 is 1.86 bits per heavy atom. The van der Waals surface area contributed by atoms with Crippen LogP contribution in [0.1, 0.15) is 0 Å². The van der Waals surface area contributed by atoms with Crippen LogP contribution in [0.15, 0.2) is 59.6 Å². The molecule has 152 valence electrons. The number of aliphatic imine (C=N–C) groups is 1. The van der Waals surface area contributed by atoms with Crippen LogP contribution in [-0.4, -0.2) is 56.0 Å². The van der Waals surface area contributed by atoms with Gasteiger partial charge in [0.15, 0.2) is 21.6 Å². The van der Waals surface area contributed by atoms with Gasteiger partial charge >= 0.3 is 0 Å². The van der Waals surface area contributed by atoms with Crippen molar-refractivity contribution in [1.29, 1.82) is 0 Å². The van der Waals surface area contributed by atoms with E-state index in [9.17, 15) is 13.2 Å². The van der Waals surface area contributed by atoms with E-state index in [4.69, 9.17) is 9.47 Å². The third-order valence-corrected chi connectivity index (χ3v) is 7.95. The van der Waals surface area contributed by atoms with Gasteiger partial charge in [0.05, 0.1) is 30.3 Å². The Bertz CT molecular complexity index is 1040. The standard InChI is InChI=1S/C20H20N2O5S2/c1-26-17-10-6-5-9-15(17)22-16-12-29(24,25)13-18(16)28-20(22)21-19(23)11-27-14-7-3-2-4-8-14/h2-10,16,18H,11-13H2,1H3/t16-,18+/m1/s1. The van der Waals surface area contributed by atoms with Crippen molar-refractivity contribution in [3.05, 3.63) is 54.6 Å². The molecule has 2 heterocycles. The highest BCUT2D eigenvalue weighted by molar-refractivity contribution is 8.16.